The van der Waals surface area contributed by atoms with Crippen LogP contribution in [-0.4, -0.2) is 24.7 Å². The van der Waals surface area contributed by atoms with Crippen molar-refractivity contribution in [2.75, 3.05) is 0 Å². The van der Waals surface area contributed by atoms with Crippen LogP contribution in [0.3, 0.4) is 0 Å². The Morgan fingerprint density at radius 3 is 2.79 bits per heavy atom. The zero-order chi connectivity index (χ0) is 16.4. The van der Waals surface area contributed by atoms with Gasteiger partial charge in [-0.1, -0.05) is 23.4 Å². The minimum absolute atomic E-state index is 0.0786. The van der Waals surface area contributed by atoms with Crippen molar-refractivity contribution in [1.82, 2.24) is 24.7 Å². The number of hydrogen-bond acceptors (Lipinski definition) is 6. The summed E-state index contributed by atoms with van der Waals surface area (Å²) < 4.78 is 6.78. The first kappa shape index (κ1) is 14.3. The van der Waals surface area contributed by atoms with Crippen molar-refractivity contribution in [3.05, 3.63) is 71.2 Å². The summed E-state index contributed by atoms with van der Waals surface area (Å²) in [5.74, 6) is 0.894. The van der Waals surface area contributed by atoms with Gasteiger partial charge in [0.25, 0.3) is 5.56 Å². The van der Waals surface area contributed by atoms with Gasteiger partial charge in [0.05, 0.1) is 17.2 Å². The van der Waals surface area contributed by atoms with E-state index in [1.165, 1.54) is 0 Å². The lowest BCUT2D eigenvalue weighted by Gasteiger charge is -2.04. The third kappa shape index (κ3) is 2.67. The van der Waals surface area contributed by atoms with E-state index in [0.717, 1.165) is 0 Å². The van der Waals surface area contributed by atoms with E-state index in [0.29, 0.717) is 41.3 Å². The van der Waals surface area contributed by atoms with Gasteiger partial charge < -0.3 is 4.52 Å². The second kappa shape index (κ2) is 6.04. The fourth-order valence-corrected chi connectivity index (χ4v) is 2.44. The van der Waals surface area contributed by atoms with Crippen LogP contribution in [0, 0.1) is 0 Å². The molecule has 4 aromatic rings. The average Bonchev–Trinajstić information content (AvgIpc) is 3.11. The molecule has 0 aliphatic carbocycles. The Kier molecular flexibility index (Phi) is 3.59. The molecule has 0 N–H and O–H groups in total. The van der Waals surface area contributed by atoms with Gasteiger partial charge in [-0.05, 0) is 24.3 Å². The fraction of sp³-hybridized carbons (Fsp3) is 0.118. The predicted molar refractivity (Wildman–Crippen MR) is 87.2 cm³/mol. The number of nitrogens with zero attached hydrogens (tertiary/aromatic N) is 5. The molecule has 4 rings (SSSR count). The summed E-state index contributed by atoms with van der Waals surface area (Å²) in [6.45, 7) is 0.417. The standard InChI is InChI=1S/C17H13N5O2/c23-17-12-5-1-2-6-13(12)19-11-22(17)10-8-15-20-16(21-24-15)14-7-3-4-9-18-14/h1-7,9,11H,8,10H2. The fourth-order valence-electron chi connectivity index (χ4n) is 2.44. The second-order valence-corrected chi connectivity index (χ2v) is 5.24. The number of rotatable bonds is 4. The monoisotopic (exact) mass is 319 g/mol. The van der Waals surface area contributed by atoms with Crippen molar-refractivity contribution >= 4 is 10.9 Å². The molecular formula is C17H13N5O2. The van der Waals surface area contributed by atoms with E-state index < -0.39 is 0 Å². The van der Waals surface area contributed by atoms with Gasteiger partial charge in [-0.3, -0.25) is 14.3 Å². The van der Waals surface area contributed by atoms with Gasteiger partial charge >= 0.3 is 0 Å². The Hall–Kier alpha value is -3.35. The van der Waals surface area contributed by atoms with Crippen molar-refractivity contribution in [1.29, 1.82) is 0 Å². The summed E-state index contributed by atoms with van der Waals surface area (Å²) in [7, 11) is 0. The zero-order valence-electron chi connectivity index (χ0n) is 12.7. The number of aryl methyl sites for hydroxylation is 2. The van der Waals surface area contributed by atoms with Gasteiger partial charge in [0.15, 0.2) is 0 Å². The lowest BCUT2D eigenvalue weighted by atomic mass is 10.2. The summed E-state index contributed by atoms with van der Waals surface area (Å²) in [5.41, 5.74) is 1.26. The highest BCUT2D eigenvalue weighted by Gasteiger charge is 2.10. The van der Waals surface area contributed by atoms with Crippen molar-refractivity contribution in [3.63, 3.8) is 0 Å². The highest BCUT2D eigenvalue weighted by molar-refractivity contribution is 5.76. The molecule has 0 atom stereocenters. The molecule has 0 aliphatic heterocycles. The molecular weight excluding hydrogens is 306 g/mol. The molecule has 3 aromatic heterocycles. The van der Waals surface area contributed by atoms with E-state index >= 15 is 0 Å². The lowest BCUT2D eigenvalue weighted by Crippen LogP contribution is -2.21. The van der Waals surface area contributed by atoms with E-state index in [-0.39, 0.29) is 5.56 Å². The maximum absolute atomic E-state index is 12.4. The summed E-state index contributed by atoms with van der Waals surface area (Å²) in [6.07, 6.45) is 3.66. The number of para-hydroxylation sites is 1. The van der Waals surface area contributed by atoms with Crippen LogP contribution >= 0.6 is 0 Å². The molecule has 118 valence electrons. The molecule has 7 nitrogen and oxygen atoms in total. The van der Waals surface area contributed by atoms with Crippen LogP contribution in [-0.2, 0) is 13.0 Å². The smallest absolute Gasteiger partial charge is 0.261 e. The molecule has 0 spiro atoms. The molecule has 0 fully saturated rings. The minimum atomic E-state index is -0.0786. The van der Waals surface area contributed by atoms with Gasteiger partial charge in [-0.15, -0.1) is 0 Å². The topological polar surface area (TPSA) is 86.7 Å². The average molecular weight is 319 g/mol. The van der Waals surface area contributed by atoms with E-state index in [1.54, 1.807) is 23.2 Å². The van der Waals surface area contributed by atoms with Gasteiger partial charge in [0.1, 0.15) is 5.69 Å². The summed E-state index contributed by atoms with van der Waals surface area (Å²) in [6, 6.07) is 12.8. The zero-order valence-corrected chi connectivity index (χ0v) is 12.7. The Balaban J connectivity index is 1.55. The number of fused-ring (bicyclic) bond motifs is 1. The SMILES string of the molecule is O=c1c2ccccc2ncn1CCc1nc(-c2ccccn2)no1. The van der Waals surface area contributed by atoms with Gasteiger partial charge in [0.2, 0.25) is 11.7 Å². The van der Waals surface area contributed by atoms with Gasteiger partial charge in [-0.2, -0.15) is 4.98 Å². The number of benzene rings is 1. The Bertz CT molecular complexity index is 1040. The molecule has 0 radical (unpaired) electrons. The number of aromatic nitrogens is 5. The minimum Gasteiger partial charge on any atom is -0.339 e. The Labute approximate surface area is 136 Å². The molecule has 24 heavy (non-hydrogen) atoms. The third-order valence-corrected chi connectivity index (χ3v) is 3.66. The first-order valence-corrected chi connectivity index (χ1v) is 7.49. The van der Waals surface area contributed by atoms with Crippen LogP contribution in [0.1, 0.15) is 5.89 Å². The van der Waals surface area contributed by atoms with Crippen LogP contribution in [0.25, 0.3) is 22.4 Å². The first-order valence-electron chi connectivity index (χ1n) is 7.49. The summed E-state index contributed by atoms with van der Waals surface area (Å²) >= 11 is 0. The van der Waals surface area contributed by atoms with Crippen LogP contribution in [0.4, 0.5) is 0 Å². The summed E-state index contributed by atoms with van der Waals surface area (Å²) in [4.78, 5) is 25.2. The molecule has 0 bridgehead atoms. The third-order valence-electron chi connectivity index (χ3n) is 3.66. The van der Waals surface area contributed by atoms with Crippen molar-refractivity contribution in [3.8, 4) is 11.5 Å². The summed E-state index contributed by atoms with van der Waals surface area (Å²) in [5, 5.41) is 4.52. The van der Waals surface area contributed by atoms with Crippen molar-refractivity contribution in [2.24, 2.45) is 0 Å². The predicted octanol–water partition coefficient (Wildman–Crippen LogP) is 2.08. The van der Waals surface area contributed by atoms with Crippen LogP contribution < -0.4 is 5.56 Å². The highest BCUT2D eigenvalue weighted by atomic mass is 16.5. The molecule has 0 unspecified atom stereocenters. The molecule has 0 amide bonds. The van der Waals surface area contributed by atoms with E-state index in [1.807, 2.05) is 36.4 Å². The van der Waals surface area contributed by atoms with Crippen LogP contribution in [0.15, 0.2) is 64.3 Å². The van der Waals surface area contributed by atoms with E-state index in [4.69, 9.17) is 4.52 Å². The van der Waals surface area contributed by atoms with Gasteiger partial charge in [-0.25, -0.2) is 4.98 Å². The lowest BCUT2D eigenvalue weighted by molar-refractivity contribution is 0.371. The molecule has 3 heterocycles. The quantitative estimate of drug-likeness (QED) is 0.572. The normalized spacial score (nSPS) is 11.0. The Morgan fingerprint density at radius 2 is 1.92 bits per heavy atom. The van der Waals surface area contributed by atoms with Crippen LogP contribution in [0.5, 0.6) is 0 Å². The maximum Gasteiger partial charge on any atom is 0.261 e. The van der Waals surface area contributed by atoms with E-state index in [2.05, 4.69) is 20.1 Å². The maximum atomic E-state index is 12.4. The van der Waals surface area contributed by atoms with Crippen molar-refractivity contribution < 1.29 is 4.52 Å². The highest BCUT2D eigenvalue weighted by Crippen LogP contribution is 2.12. The largest absolute Gasteiger partial charge is 0.339 e. The molecule has 7 heteroatoms. The van der Waals surface area contributed by atoms with Crippen molar-refractivity contribution in [2.45, 2.75) is 13.0 Å². The molecule has 0 saturated heterocycles. The van der Waals surface area contributed by atoms with Gasteiger partial charge in [0, 0.05) is 19.2 Å². The molecule has 0 aliphatic rings. The number of pyridine rings is 1. The molecule has 0 saturated carbocycles. The second-order valence-electron chi connectivity index (χ2n) is 5.24. The molecule has 1 aromatic carbocycles. The first-order chi connectivity index (χ1) is 11.8. The number of hydrogen-bond donors (Lipinski definition) is 0. The van der Waals surface area contributed by atoms with E-state index in [9.17, 15) is 4.79 Å². The Morgan fingerprint density at radius 1 is 1.04 bits per heavy atom. The van der Waals surface area contributed by atoms with Crippen LogP contribution in [0.2, 0.25) is 0 Å².